The fraction of sp³-hybridized carbons (Fsp3) is 0.316. The average Bonchev–Trinajstić information content (AvgIpc) is 2.49. The third kappa shape index (κ3) is 4.06. The number of aryl methyl sites for hydroxylation is 1. The van der Waals surface area contributed by atoms with Gasteiger partial charge in [0, 0.05) is 11.1 Å². The van der Waals surface area contributed by atoms with E-state index in [4.69, 9.17) is 0 Å². The van der Waals surface area contributed by atoms with Gasteiger partial charge in [-0.15, -0.1) is 0 Å². The summed E-state index contributed by atoms with van der Waals surface area (Å²) in [4.78, 5) is 12.2. The fourth-order valence-electron chi connectivity index (χ4n) is 1.89. The molecule has 0 spiro atoms. The Balaban J connectivity index is 0.000000956. The van der Waals surface area contributed by atoms with Crippen molar-refractivity contribution in [3.63, 3.8) is 0 Å². The van der Waals surface area contributed by atoms with Gasteiger partial charge in [0.25, 0.3) is 0 Å². The maximum absolute atomic E-state index is 12.2. The van der Waals surface area contributed by atoms with Crippen molar-refractivity contribution in [2.24, 2.45) is 0 Å². The van der Waals surface area contributed by atoms with E-state index in [0.717, 1.165) is 11.1 Å². The minimum atomic E-state index is 0.0882. The van der Waals surface area contributed by atoms with Gasteiger partial charge in [0.2, 0.25) is 0 Å². The number of hydrogen-bond acceptors (Lipinski definition) is 1. The highest BCUT2D eigenvalue weighted by Crippen LogP contribution is 2.17. The Hall–Kier alpha value is -1.89. The summed E-state index contributed by atoms with van der Waals surface area (Å²) in [7, 11) is 0. The van der Waals surface area contributed by atoms with Crippen molar-refractivity contribution in [2.75, 3.05) is 0 Å². The minimum Gasteiger partial charge on any atom is -0.289 e. The minimum absolute atomic E-state index is 0.0882. The van der Waals surface area contributed by atoms with Crippen molar-refractivity contribution in [2.45, 2.75) is 40.5 Å². The van der Waals surface area contributed by atoms with Gasteiger partial charge in [-0.2, -0.15) is 0 Å². The van der Waals surface area contributed by atoms with Crippen LogP contribution < -0.4 is 0 Å². The standard InChI is InChI=1S/C17H18O.C2H6/c1-12(2)14-8-10-16(11-9-14)17(18)15-6-4-13(3)5-7-15;1-2/h4-12H,1-3H3;1-2H3. The van der Waals surface area contributed by atoms with Crippen LogP contribution in [0.2, 0.25) is 0 Å². The van der Waals surface area contributed by atoms with Crippen LogP contribution in [0.5, 0.6) is 0 Å². The lowest BCUT2D eigenvalue weighted by atomic mass is 9.98. The molecule has 0 aromatic heterocycles. The van der Waals surface area contributed by atoms with Gasteiger partial charge in [-0.25, -0.2) is 0 Å². The van der Waals surface area contributed by atoms with Crippen LogP contribution in [0.15, 0.2) is 48.5 Å². The highest BCUT2D eigenvalue weighted by atomic mass is 16.1. The Morgan fingerprint density at radius 3 is 1.60 bits per heavy atom. The fourth-order valence-corrected chi connectivity index (χ4v) is 1.89. The topological polar surface area (TPSA) is 17.1 Å². The summed E-state index contributed by atoms with van der Waals surface area (Å²) in [6.07, 6.45) is 0. The normalized spacial score (nSPS) is 9.90. The van der Waals surface area contributed by atoms with E-state index < -0.39 is 0 Å². The van der Waals surface area contributed by atoms with Crippen LogP contribution in [0.4, 0.5) is 0 Å². The molecule has 20 heavy (non-hydrogen) atoms. The van der Waals surface area contributed by atoms with Crippen LogP contribution in [0.1, 0.15) is 60.7 Å². The van der Waals surface area contributed by atoms with E-state index in [1.165, 1.54) is 11.1 Å². The Labute approximate surface area is 122 Å². The lowest BCUT2D eigenvalue weighted by Gasteiger charge is -2.06. The summed E-state index contributed by atoms with van der Waals surface area (Å²) in [5.41, 5.74) is 3.93. The first-order chi connectivity index (χ1) is 9.58. The number of hydrogen-bond donors (Lipinski definition) is 0. The highest BCUT2D eigenvalue weighted by Gasteiger charge is 2.09. The molecule has 1 nitrogen and oxygen atoms in total. The molecule has 2 rings (SSSR count). The number of rotatable bonds is 3. The Morgan fingerprint density at radius 2 is 1.20 bits per heavy atom. The van der Waals surface area contributed by atoms with Crippen molar-refractivity contribution in [3.05, 3.63) is 70.8 Å². The predicted molar refractivity (Wildman–Crippen MR) is 86.5 cm³/mol. The maximum atomic E-state index is 12.2. The summed E-state index contributed by atoms with van der Waals surface area (Å²) in [5, 5.41) is 0. The molecule has 0 aliphatic heterocycles. The molecular weight excluding hydrogens is 244 g/mol. The SMILES string of the molecule is CC.Cc1ccc(C(=O)c2ccc(C(C)C)cc2)cc1. The molecule has 2 aromatic rings. The van der Waals surface area contributed by atoms with Gasteiger partial charge in [-0.1, -0.05) is 81.8 Å². The summed E-state index contributed by atoms with van der Waals surface area (Å²) < 4.78 is 0. The number of ketones is 1. The largest absolute Gasteiger partial charge is 0.289 e. The number of carbonyl (C=O) groups is 1. The maximum Gasteiger partial charge on any atom is 0.193 e. The first-order valence-corrected chi connectivity index (χ1v) is 7.29. The average molecular weight is 268 g/mol. The van der Waals surface area contributed by atoms with E-state index in [0.29, 0.717) is 5.92 Å². The number of benzene rings is 2. The molecule has 0 saturated carbocycles. The molecule has 0 saturated heterocycles. The predicted octanol–water partition coefficient (Wildman–Crippen LogP) is 5.38. The molecule has 106 valence electrons. The van der Waals surface area contributed by atoms with Crippen LogP contribution in [-0.2, 0) is 0 Å². The van der Waals surface area contributed by atoms with Gasteiger partial charge < -0.3 is 0 Å². The monoisotopic (exact) mass is 268 g/mol. The lowest BCUT2D eigenvalue weighted by Crippen LogP contribution is -2.01. The molecule has 0 amide bonds. The van der Waals surface area contributed by atoms with Gasteiger partial charge in [0.1, 0.15) is 0 Å². The Kier molecular flexibility index (Phi) is 6.17. The van der Waals surface area contributed by atoms with Crippen molar-refractivity contribution in [3.8, 4) is 0 Å². The zero-order valence-electron chi connectivity index (χ0n) is 13.1. The van der Waals surface area contributed by atoms with Gasteiger partial charge >= 0.3 is 0 Å². The molecule has 0 radical (unpaired) electrons. The third-order valence-electron chi connectivity index (χ3n) is 3.15. The van der Waals surface area contributed by atoms with Gasteiger partial charge in [-0.05, 0) is 18.4 Å². The van der Waals surface area contributed by atoms with Crippen LogP contribution in [-0.4, -0.2) is 5.78 Å². The quantitative estimate of drug-likeness (QED) is 0.683. The van der Waals surface area contributed by atoms with Crippen LogP contribution in [0, 0.1) is 6.92 Å². The summed E-state index contributed by atoms with van der Waals surface area (Å²) in [6, 6.07) is 15.6. The first-order valence-electron chi connectivity index (χ1n) is 7.29. The zero-order chi connectivity index (χ0) is 15.1. The zero-order valence-corrected chi connectivity index (χ0v) is 13.1. The summed E-state index contributed by atoms with van der Waals surface area (Å²) >= 11 is 0. The van der Waals surface area contributed by atoms with Gasteiger partial charge in [0.15, 0.2) is 5.78 Å². The summed E-state index contributed by atoms with van der Waals surface area (Å²) in [5.74, 6) is 0.582. The van der Waals surface area contributed by atoms with Crippen molar-refractivity contribution in [1.82, 2.24) is 0 Å². The number of carbonyl (C=O) groups excluding carboxylic acids is 1. The van der Waals surface area contributed by atoms with E-state index in [-0.39, 0.29) is 5.78 Å². The van der Waals surface area contributed by atoms with Gasteiger partial charge in [0.05, 0.1) is 0 Å². The molecule has 0 fully saturated rings. The van der Waals surface area contributed by atoms with E-state index in [2.05, 4.69) is 13.8 Å². The molecular formula is C19H24O. The molecule has 0 N–H and O–H groups in total. The van der Waals surface area contributed by atoms with Crippen molar-refractivity contribution in [1.29, 1.82) is 0 Å². The van der Waals surface area contributed by atoms with Crippen LogP contribution in [0.3, 0.4) is 0 Å². The molecule has 0 heterocycles. The molecule has 2 aromatic carbocycles. The van der Waals surface area contributed by atoms with E-state index in [1.54, 1.807) is 0 Å². The van der Waals surface area contributed by atoms with E-state index in [1.807, 2.05) is 69.3 Å². The Bertz CT molecular complexity index is 533. The van der Waals surface area contributed by atoms with E-state index in [9.17, 15) is 4.79 Å². The van der Waals surface area contributed by atoms with Crippen LogP contribution in [0.25, 0.3) is 0 Å². The second kappa shape index (κ2) is 7.64. The van der Waals surface area contributed by atoms with Crippen LogP contribution >= 0.6 is 0 Å². The van der Waals surface area contributed by atoms with Crippen molar-refractivity contribution >= 4 is 5.78 Å². The highest BCUT2D eigenvalue weighted by molar-refractivity contribution is 6.08. The molecule has 1 heteroatoms. The molecule has 0 unspecified atom stereocenters. The second-order valence-electron chi connectivity index (χ2n) is 4.97. The molecule has 0 bridgehead atoms. The third-order valence-corrected chi connectivity index (χ3v) is 3.15. The second-order valence-corrected chi connectivity index (χ2v) is 4.97. The van der Waals surface area contributed by atoms with E-state index >= 15 is 0 Å². The summed E-state index contributed by atoms with van der Waals surface area (Å²) in [6.45, 7) is 10.3. The molecule has 0 atom stereocenters. The molecule has 0 aliphatic carbocycles. The lowest BCUT2D eigenvalue weighted by molar-refractivity contribution is 0.103. The first kappa shape index (κ1) is 16.2. The van der Waals surface area contributed by atoms with Gasteiger partial charge in [-0.3, -0.25) is 4.79 Å². The Morgan fingerprint density at radius 1 is 0.800 bits per heavy atom. The van der Waals surface area contributed by atoms with Crippen molar-refractivity contribution < 1.29 is 4.79 Å². The smallest absolute Gasteiger partial charge is 0.193 e. The molecule has 0 aliphatic rings.